The van der Waals surface area contributed by atoms with E-state index >= 15 is 0 Å². The van der Waals surface area contributed by atoms with Gasteiger partial charge in [-0.1, -0.05) is 11.8 Å². The number of allylic oxidation sites excluding steroid dienone is 1. The molecule has 8 heavy (non-hydrogen) atoms. The standard InChI is InChI=1S/C5H14OSi2/c1-4-5-7-6-8(2)3/h4-5,8H,7H2,1-3H3. The van der Waals surface area contributed by atoms with Gasteiger partial charge in [-0.05, 0) is 20.0 Å². The third-order valence-electron chi connectivity index (χ3n) is 0.761. The Morgan fingerprint density at radius 3 is 2.50 bits per heavy atom. The molecule has 0 amide bonds. The van der Waals surface area contributed by atoms with E-state index in [0.717, 1.165) is 0 Å². The van der Waals surface area contributed by atoms with Crippen molar-refractivity contribution in [3.63, 3.8) is 0 Å². The zero-order valence-electron chi connectivity index (χ0n) is 5.85. The van der Waals surface area contributed by atoms with Crippen LogP contribution in [0.2, 0.25) is 13.1 Å². The molecular weight excluding hydrogens is 132 g/mol. The zero-order chi connectivity index (χ0) is 6.41. The molecule has 3 heteroatoms. The van der Waals surface area contributed by atoms with Crippen LogP contribution in [0.4, 0.5) is 0 Å². The second kappa shape index (κ2) is 5.27. The second-order valence-corrected chi connectivity index (χ2v) is 6.19. The van der Waals surface area contributed by atoms with Gasteiger partial charge in [-0.15, -0.1) is 0 Å². The summed E-state index contributed by atoms with van der Waals surface area (Å²) in [6.07, 6.45) is 2.07. The largest absolute Gasteiger partial charge is 0.460 e. The monoisotopic (exact) mass is 146 g/mol. The lowest BCUT2D eigenvalue weighted by Crippen LogP contribution is -2.09. The van der Waals surface area contributed by atoms with Crippen LogP contribution in [0.25, 0.3) is 0 Å². The molecule has 0 saturated carbocycles. The van der Waals surface area contributed by atoms with Crippen molar-refractivity contribution in [3.8, 4) is 0 Å². The molecular formula is C5H14OSi2. The fraction of sp³-hybridized carbons (Fsp3) is 0.600. The van der Waals surface area contributed by atoms with Gasteiger partial charge in [0.25, 0.3) is 0 Å². The van der Waals surface area contributed by atoms with Gasteiger partial charge in [-0.2, -0.15) is 0 Å². The SMILES string of the molecule is CC=C[SiH2]O[SiH](C)C. The van der Waals surface area contributed by atoms with Crippen molar-refractivity contribution >= 4 is 18.8 Å². The van der Waals surface area contributed by atoms with Crippen LogP contribution in [0.3, 0.4) is 0 Å². The summed E-state index contributed by atoms with van der Waals surface area (Å²) < 4.78 is 5.47. The molecule has 0 aliphatic heterocycles. The van der Waals surface area contributed by atoms with E-state index in [4.69, 9.17) is 4.12 Å². The average molecular weight is 146 g/mol. The molecule has 1 nitrogen and oxygen atoms in total. The Labute approximate surface area is 55.4 Å². The number of hydrogen-bond acceptors (Lipinski definition) is 1. The van der Waals surface area contributed by atoms with Crippen LogP contribution in [-0.2, 0) is 4.12 Å². The van der Waals surface area contributed by atoms with Crippen molar-refractivity contribution in [1.82, 2.24) is 0 Å². The van der Waals surface area contributed by atoms with Crippen LogP contribution in [0.15, 0.2) is 11.8 Å². The fourth-order valence-corrected chi connectivity index (χ4v) is 2.52. The Hall–Kier alpha value is 0.134. The molecule has 0 bridgehead atoms. The first-order valence-electron chi connectivity index (χ1n) is 3.00. The van der Waals surface area contributed by atoms with Crippen LogP contribution < -0.4 is 0 Å². The predicted octanol–water partition coefficient (Wildman–Crippen LogP) is 0.604. The lowest BCUT2D eigenvalue weighted by molar-refractivity contribution is 0.634. The molecule has 0 aliphatic rings. The summed E-state index contributed by atoms with van der Waals surface area (Å²) in [6.45, 7) is 6.45. The summed E-state index contributed by atoms with van der Waals surface area (Å²) in [7, 11) is -0.947. The van der Waals surface area contributed by atoms with E-state index in [-0.39, 0.29) is 9.76 Å². The van der Waals surface area contributed by atoms with E-state index in [2.05, 4.69) is 24.9 Å². The van der Waals surface area contributed by atoms with Crippen molar-refractivity contribution in [3.05, 3.63) is 11.8 Å². The Morgan fingerprint density at radius 1 is 1.50 bits per heavy atom. The average Bonchev–Trinajstić information content (AvgIpc) is 1.66. The molecule has 0 atom stereocenters. The van der Waals surface area contributed by atoms with Gasteiger partial charge < -0.3 is 4.12 Å². The molecule has 48 valence electrons. The normalized spacial score (nSPS) is 13.0. The maximum Gasteiger partial charge on any atom is 0.170 e. The molecule has 0 aromatic heterocycles. The van der Waals surface area contributed by atoms with Gasteiger partial charge >= 0.3 is 0 Å². The van der Waals surface area contributed by atoms with E-state index in [0.29, 0.717) is 0 Å². The van der Waals surface area contributed by atoms with Gasteiger partial charge in [-0.3, -0.25) is 0 Å². The quantitative estimate of drug-likeness (QED) is 0.530. The van der Waals surface area contributed by atoms with Crippen LogP contribution in [-0.4, -0.2) is 18.8 Å². The van der Waals surface area contributed by atoms with Crippen molar-refractivity contribution in [2.24, 2.45) is 0 Å². The van der Waals surface area contributed by atoms with Crippen molar-refractivity contribution < 1.29 is 4.12 Å². The third kappa shape index (κ3) is 6.13. The highest BCUT2D eigenvalue weighted by molar-refractivity contribution is 6.57. The van der Waals surface area contributed by atoms with Crippen LogP contribution >= 0.6 is 0 Å². The topological polar surface area (TPSA) is 9.23 Å². The van der Waals surface area contributed by atoms with Crippen molar-refractivity contribution in [1.29, 1.82) is 0 Å². The van der Waals surface area contributed by atoms with Crippen LogP contribution in [0.1, 0.15) is 6.92 Å². The summed E-state index contributed by atoms with van der Waals surface area (Å²) in [4.78, 5) is 0. The Bertz CT molecular complexity index is 70.8. The molecule has 0 N–H and O–H groups in total. The molecule has 0 heterocycles. The highest BCUT2D eigenvalue weighted by atomic mass is 28.3. The Balaban J connectivity index is 2.93. The number of hydrogen-bond donors (Lipinski definition) is 0. The van der Waals surface area contributed by atoms with E-state index in [9.17, 15) is 0 Å². The minimum absolute atomic E-state index is 0.255. The molecule has 0 unspecified atom stereocenters. The van der Waals surface area contributed by atoms with Gasteiger partial charge in [0.2, 0.25) is 0 Å². The van der Waals surface area contributed by atoms with Gasteiger partial charge in [0.05, 0.1) is 0 Å². The van der Waals surface area contributed by atoms with Crippen molar-refractivity contribution in [2.45, 2.75) is 20.0 Å². The second-order valence-electron chi connectivity index (χ2n) is 1.95. The first-order chi connectivity index (χ1) is 3.77. The van der Waals surface area contributed by atoms with Gasteiger partial charge in [-0.25, -0.2) is 0 Å². The lowest BCUT2D eigenvalue weighted by atomic mass is 10.8. The smallest absolute Gasteiger partial charge is 0.170 e. The molecule has 0 fully saturated rings. The highest BCUT2D eigenvalue weighted by Gasteiger charge is 1.89. The fourth-order valence-electron chi connectivity index (χ4n) is 0.344. The maximum atomic E-state index is 5.47. The van der Waals surface area contributed by atoms with E-state index < -0.39 is 9.04 Å². The lowest BCUT2D eigenvalue weighted by Gasteiger charge is -2.00. The van der Waals surface area contributed by atoms with Crippen LogP contribution in [0, 0.1) is 0 Å². The van der Waals surface area contributed by atoms with Gasteiger partial charge in [0.1, 0.15) is 0 Å². The van der Waals surface area contributed by atoms with E-state index in [1.807, 2.05) is 6.92 Å². The summed E-state index contributed by atoms with van der Waals surface area (Å²) in [5.74, 6) is 0. The first kappa shape index (κ1) is 8.13. The highest BCUT2D eigenvalue weighted by Crippen LogP contribution is 1.80. The van der Waals surface area contributed by atoms with Gasteiger partial charge in [0.15, 0.2) is 18.8 Å². The Morgan fingerprint density at radius 2 is 2.12 bits per heavy atom. The summed E-state index contributed by atoms with van der Waals surface area (Å²) in [6, 6.07) is 0. The maximum absolute atomic E-state index is 5.47. The molecule has 0 saturated heterocycles. The minimum atomic E-state index is -0.692. The molecule has 0 rings (SSSR count). The van der Waals surface area contributed by atoms with E-state index in [1.165, 1.54) is 0 Å². The van der Waals surface area contributed by atoms with Gasteiger partial charge in [0, 0.05) is 0 Å². The third-order valence-corrected chi connectivity index (χ3v) is 4.86. The molecule has 0 aromatic rings. The Kier molecular flexibility index (Phi) is 5.36. The minimum Gasteiger partial charge on any atom is -0.460 e. The van der Waals surface area contributed by atoms with E-state index in [1.54, 1.807) is 0 Å². The summed E-state index contributed by atoms with van der Waals surface area (Å²) in [5, 5.41) is 0. The molecule has 0 aromatic carbocycles. The van der Waals surface area contributed by atoms with Crippen molar-refractivity contribution in [2.75, 3.05) is 0 Å². The molecule has 0 spiro atoms. The summed E-state index contributed by atoms with van der Waals surface area (Å²) in [5.41, 5.74) is 2.17. The molecule has 0 radical (unpaired) electrons. The molecule has 0 aliphatic carbocycles. The summed E-state index contributed by atoms with van der Waals surface area (Å²) >= 11 is 0. The van der Waals surface area contributed by atoms with Crippen LogP contribution in [0.5, 0.6) is 0 Å². The first-order valence-corrected chi connectivity index (χ1v) is 7.17. The predicted molar refractivity (Wildman–Crippen MR) is 43.3 cm³/mol. The number of rotatable bonds is 3. The zero-order valence-corrected chi connectivity index (χ0v) is 8.42.